The Kier molecular flexibility index (Phi) is 3.06. The number of para-hydroxylation sites is 1. The molecule has 4 heteroatoms. The van der Waals surface area contributed by atoms with E-state index in [9.17, 15) is 9.90 Å². The minimum absolute atomic E-state index is 0.130. The minimum atomic E-state index is -0.306. The van der Waals surface area contributed by atoms with Gasteiger partial charge in [-0.15, -0.1) is 0 Å². The number of benzene rings is 2. The molecule has 2 aromatic carbocycles. The monoisotopic (exact) mass is 270 g/mol. The first-order valence-electron chi connectivity index (χ1n) is 6.36. The normalized spacial score (nSPS) is 17.2. The maximum Gasteiger partial charge on any atom is 0.312 e. The molecule has 1 atom stereocenters. The Hall–Kier alpha value is -2.49. The fourth-order valence-corrected chi connectivity index (χ4v) is 2.62. The number of fused-ring (bicyclic) bond motifs is 1. The Bertz CT molecular complexity index is 663. The van der Waals surface area contributed by atoms with Crippen LogP contribution in [0.3, 0.4) is 0 Å². The van der Waals surface area contributed by atoms with Crippen LogP contribution in [0.15, 0.2) is 42.5 Å². The third kappa shape index (κ3) is 1.99. The third-order valence-corrected chi connectivity index (χ3v) is 3.50. The second-order valence-corrected chi connectivity index (χ2v) is 4.66. The lowest BCUT2D eigenvalue weighted by Crippen LogP contribution is -2.21. The van der Waals surface area contributed by atoms with Gasteiger partial charge in [0, 0.05) is 17.0 Å². The molecule has 0 bridgehead atoms. The number of aromatic hydroxyl groups is 1. The average molecular weight is 270 g/mol. The fourth-order valence-electron chi connectivity index (χ4n) is 2.62. The van der Waals surface area contributed by atoms with Crippen molar-refractivity contribution in [1.82, 2.24) is 0 Å². The summed E-state index contributed by atoms with van der Waals surface area (Å²) in [6.07, 6.45) is 0.185. The smallest absolute Gasteiger partial charge is 0.312 e. The number of phenols is 1. The Balaban J connectivity index is 2.18. The average Bonchev–Trinajstić information content (AvgIpc) is 2.46. The lowest BCUT2D eigenvalue weighted by molar-refractivity contribution is -0.135. The molecule has 0 unspecified atom stereocenters. The Morgan fingerprint density at radius 3 is 2.80 bits per heavy atom. The summed E-state index contributed by atoms with van der Waals surface area (Å²) in [6, 6.07) is 12.4. The predicted octanol–water partition coefficient (Wildman–Crippen LogP) is 2.84. The fraction of sp³-hybridized carbons (Fsp3) is 0.188. The first kappa shape index (κ1) is 12.5. The van der Waals surface area contributed by atoms with Gasteiger partial charge in [0.25, 0.3) is 0 Å². The van der Waals surface area contributed by atoms with Gasteiger partial charge in [-0.2, -0.15) is 0 Å². The number of phenolic OH excluding ortho intramolecular Hbond substituents is 1. The lowest BCUT2D eigenvalue weighted by Gasteiger charge is -2.26. The second kappa shape index (κ2) is 4.89. The van der Waals surface area contributed by atoms with E-state index < -0.39 is 0 Å². The molecule has 3 rings (SSSR count). The van der Waals surface area contributed by atoms with E-state index in [4.69, 9.17) is 9.47 Å². The van der Waals surface area contributed by atoms with E-state index in [1.54, 1.807) is 25.3 Å². The molecule has 1 N–H and O–H groups in total. The van der Waals surface area contributed by atoms with Crippen LogP contribution in [0.2, 0.25) is 0 Å². The number of carbonyl (C=O) groups excluding carboxylic acids is 1. The second-order valence-electron chi connectivity index (χ2n) is 4.66. The molecule has 0 aliphatic carbocycles. The maximum atomic E-state index is 11.8. The molecule has 0 radical (unpaired) electrons. The summed E-state index contributed by atoms with van der Waals surface area (Å²) in [5.41, 5.74) is 1.51. The molecule has 20 heavy (non-hydrogen) atoms. The summed E-state index contributed by atoms with van der Waals surface area (Å²) < 4.78 is 10.6. The topological polar surface area (TPSA) is 55.8 Å². The van der Waals surface area contributed by atoms with E-state index >= 15 is 0 Å². The van der Waals surface area contributed by atoms with E-state index in [2.05, 4.69) is 0 Å². The van der Waals surface area contributed by atoms with Crippen LogP contribution in [0.5, 0.6) is 17.2 Å². The van der Waals surface area contributed by atoms with Gasteiger partial charge < -0.3 is 14.6 Å². The van der Waals surface area contributed by atoms with Gasteiger partial charge in [-0.05, 0) is 18.2 Å². The zero-order chi connectivity index (χ0) is 14.1. The van der Waals surface area contributed by atoms with Crippen molar-refractivity contribution < 1.29 is 19.4 Å². The Morgan fingerprint density at radius 2 is 2.00 bits per heavy atom. The van der Waals surface area contributed by atoms with Crippen LogP contribution in [-0.4, -0.2) is 18.2 Å². The maximum absolute atomic E-state index is 11.8. The molecule has 1 aliphatic heterocycles. The van der Waals surface area contributed by atoms with Crippen LogP contribution in [0, 0.1) is 0 Å². The minimum Gasteiger partial charge on any atom is -0.508 e. The van der Waals surface area contributed by atoms with Gasteiger partial charge >= 0.3 is 5.97 Å². The molecule has 0 spiro atoms. The molecule has 0 saturated heterocycles. The van der Waals surface area contributed by atoms with Crippen molar-refractivity contribution in [1.29, 1.82) is 0 Å². The van der Waals surface area contributed by atoms with Crippen molar-refractivity contribution >= 4 is 5.97 Å². The van der Waals surface area contributed by atoms with E-state index in [-0.39, 0.29) is 24.1 Å². The SMILES string of the molecule is COc1ccccc1[C@@H]1CC(=O)Oc2cccc(O)c21. The van der Waals surface area contributed by atoms with Gasteiger partial charge in [-0.3, -0.25) is 4.79 Å². The molecular weight excluding hydrogens is 256 g/mol. The molecule has 4 nitrogen and oxygen atoms in total. The standard InChI is InChI=1S/C16H14O4/c1-19-13-7-3-2-5-10(13)11-9-15(18)20-14-8-4-6-12(17)16(11)14/h2-8,11,17H,9H2,1H3/t11-/m0/s1. The van der Waals surface area contributed by atoms with Gasteiger partial charge in [-0.1, -0.05) is 24.3 Å². The van der Waals surface area contributed by atoms with Crippen LogP contribution in [-0.2, 0) is 4.79 Å². The van der Waals surface area contributed by atoms with E-state index in [1.807, 2.05) is 24.3 Å². The largest absolute Gasteiger partial charge is 0.508 e. The summed E-state index contributed by atoms with van der Waals surface area (Å²) in [5.74, 6) is 0.673. The predicted molar refractivity (Wildman–Crippen MR) is 73.2 cm³/mol. The number of hydrogen-bond donors (Lipinski definition) is 1. The molecule has 1 aliphatic rings. The number of methoxy groups -OCH3 is 1. The molecule has 102 valence electrons. The molecule has 2 aromatic rings. The van der Waals surface area contributed by atoms with Crippen molar-refractivity contribution in [2.75, 3.05) is 7.11 Å². The highest BCUT2D eigenvalue weighted by atomic mass is 16.5. The molecule has 0 fully saturated rings. The van der Waals surface area contributed by atoms with Crippen molar-refractivity contribution in [3.8, 4) is 17.2 Å². The highest BCUT2D eigenvalue weighted by molar-refractivity contribution is 5.79. The van der Waals surface area contributed by atoms with E-state index in [0.717, 1.165) is 5.56 Å². The van der Waals surface area contributed by atoms with Crippen molar-refractivity contribution in [2.45, 2.75) is 12.3 Å². The molecular formula is C16H14O4. The molecule has 0 aromatic heterocycles. The van der Waals surface area contributed by atoms with Crippen LogP contribution >= 0.6 is 0 Å². The first-order valence-corrected chi connectivity index (χ1v) is 6.36. The molecule has 0 amide bonds. The van der Waals surface area contributed by atoms with Gasteiger partial charge in [0.15, 0.2) is 0 Å². The lowest BCUT2D eigenvalue weighted by atomic mass is 9.85. The summed E-state index contributed by atoms with van der Waals surface area (Å²) in [5, 5.41) is 10.1. The third-order valence-electron chi connectivity index (χ3n) is 3.50. The molecule has 1 heterocycles. The van der Waals surface area contributed by atoms with Gasteiger partial charge in [0.2, 0.25) is 0 Å². The van der Waals surface area contributed by atoms with Crippen LogP contribution in [0.25, 0.3) is 0 Å². The van der Waals surface area contributed by atoms with Gasteiger partial charge in [0.1, 0.15) is 17.2 Å². The quantitative estimate of drug-likeness (QED) is 0.673. The first-order chi connectivity index (χ1) is 9.70. The van der Waals surface area contributed by atoms with Gasteiger partial charge in [0.05, 0.1) is 13.5 Å². The van der Waals surface area contributed by atoms with Crippen molar-refractivity contribution in [3.63, 3.8) is 0 Å². The summed E-state index contributed by atoms with van der Waals surface area (Å²) >= 11 is 0. The Morgan fingerprint density at radius 1 is 1.20 bits per heavy atom. The van der Waals surface area contributed by atoms with Crippen LogP contribution < -0.4 is 9.47 Å². The Labute approximate surface area is 116 Å². The van der Waals surface area contributed by atoms with Crippen LogP contribution in [0.1, 0.15) is 23.5 Å². The summed E-state index contributed by atoms with van der Waals surface area (Å²) in [4.78, 5) is 11.8. The summed E-state index contributed by atoms with van der Waals surface area (Å²) in [7, 11) is 1.59. The highest BCUT2D eigenvalue weighted by Crippen LogP contribution is 2.45. The van der Waals surface area contributed by atoms with Crippen molar-refractivity contribution in [2.24, 2.45) is 0 Å². The number of rotatable bonds is 2. The number of hydrogen-bond acceptors (Lipinski definition) is 4. The highest BCUT2D eigenvalue weighted by Gasteiger charge is 2.32. The number of esters is 1. The molecule has 0 saturated carbocycles. The zero-order valence-corrected chi connectivity index (χ0v) is 11.0. The summed E-state index contributed by atoms with van der Waals surface area (Å²) in [6.45, 7) is 0. The zero-order valence-electron chi connectivity index (χ0n) is 11.0. The number of ether oxygens (including phenoxy) is 2. The van der Waals surface area contributed by atoms with E-state index in [0.29, 0.717) is 17.1 Å². The van der Waals surface area contributed by atoms with Gasteiger partial charge in [-0.25, -0.2) is 0 Å². The van der Waals surface area contributed by atoms with E-state index in [1.165, 1.54) is 0 Å². The van der Waals surface area contributed by atoms with Crippen LogP contribution in [0.4, 0.5) is 0 Å². The number of carbonyl (C=O) groups is 1. The van der Waals surface area contributed by atoms with Crippen molar-refractivity contribution in [3.05, 3.63) is 53.6 Å².